The average molecular weight is 917 g/mol. The van der Waals surface area contributed by atoms with Crippen LogP contribution in [0.25, 0.3) is 22.3 Å². The molecule has 13 rings (SSSR count). The maximum atomic E-state index is 5.11. The second-order valence-corrected chi connectivity index (χ2v) is 16.3. The molecule has 0 saturated heterocycles. The van der Waals surface area contributed by atoms with Gasteiger partial charge in [0.2, 0.25) is 0 Å². The fourth-order valence-corrected chi connectivity index (χ4v) is 11.6. The maximum Gasteiger partial charge on any atom is 4.00 e. The molecule has 5 aromatic carbocycles. The van der Waals surface area contributed by atoms with E-state index in [1.54, 1.807) is 0 Å². The summed E-state index contributed by atoms with van der Waals surface area (Å²) in [4.78, 5) is 15.4. The molecule has 0 atom stereocenters. The summed E-state index contributed by atoms with van der Waals surface area (Å²) < 4.78 is 0. The Morgan fingerprint density at radius 1 is 0.456 bits per heavy atom. The van der Waals surface area contributed by atoms with E-state index in [0.717, 1.165) is 54.6 Å². The summed E-state index contributed by atoms with van der Waals surface area (Å²) in [5.41, 5.74) is 18.8. The van der Waals surface area contributed by atoms with E-state index in [2.05, 4.69) is 167 Å². The van der Waals surface area contributed by atoms with Crippen LogP contribution < -0.4 is 9.80 Å². The second-order valence-electron chi connectivity index (χ2n) is 16.3. The first-order valence-electron chi connectivity index (χ1n) is 20.4. The Labute approximate surface area is 349 Å². The second kappa shape index (κ2) is 12.3. The molecule has 4 aliphatic carbocycles. The first-order valence-corrected chi connectivity index (χ1v) is 20.4. The van der Waals surface area contributed by atoms with Crippen LogP contribution in [0.15, 0.2) is 150 Å². The molecule has 0 amide bonds. The number of aromatic nitrogens is 1. The normalized spacial score (nSPS) is 19.8. The van der Waals surface area contributed by atoms with Crippen molar-refractivity contribution < 1.29 is 21.1 Å². The first-order chi connectivity index (χ1) is 27.8. The zero-order valence-electron chi connectivity index (χ0n) is 31.5. The summed E-state index contributed by atoms with van der Waals surface area (Å²) >= 11 is 0. The molecule has 5 nitrogen and oxygen atoms in total. The predicted molar refractivity (Wildman–Crippen MR) is 220 cm³/mol. The smallest absolute Gasteiger partial charge is 0.497 e. The molecule has 0 unspecified atom stereocenters. The molecular formula is C51H39N5Pt. The van der Waals surface area contributed by atoms with Gasteiger partial charge in [0.25, 0.3) is 0 Å². The van der Waals surface area contributed by atoms with Gasteiger partial charge in [-0.3, -0.25) is 0 Å². The SMILES string of the molecule is [Pt+4].[c-]1c2cccc1C1(c3[c-]c(cnc3)N3[CH-]N(C4=C3CCCC4)C3(c4ccccc4-c4ccccc43)N3[CH-]N2C2=C3CCCC2)c2ccccc2-c2ccccc21. The van der Waals surface area contributed by atoms with Gasteiger partial charge in [-0.15, -0.1) is 30.2 Å². The van der Waals surface area contributed by atoms with Gasteiger partial charge in [0.1, 0.15) is 5.66 Å². The van der Waals surface area contributed by atoms with Crippen LogP contribution in [-0.4, -0.2) is 14.8 Å². The van der Waals surface area contributed by atoms with Gasteiger partial charge in [-0.05, 0) is 84.7 Å². The van der Waals surface area contributed by atoms with Crippen molar-refractivity contribution in [2.75, 3.05) is 9.80 Å². The van der Waals surface area contributed by atoms with Crippen molar-refractivity contribution in [1.29, 1.82) is 0 Å². The van der Waals surface area contributed by atoms with Gasteiger partial charge in [0.05, 0.1) is 0 Å². The molecule has 4 heterocycles. The zero-order valence-corrected chi connectivity index (χ0v) is 33.8. The van der Waals surface area contributed by atoms with E-state index in [4.69, 9.17) is 4.98 Å². The maximum absolute atomic E-state index is 5.11. The Morgan fingerprint density at radius 2 is 0.912 bits per heavy atom. The molecule has 0 radical (unpaired) electrons. The summed E-state index contributed by atoms with van der Waals surface area (Å²) in [5, 5.41) is 0. The summed E-state index contributed by atoms with van der Waals surface area (Å²) in [6, 6.07) is 51.2. The Balaban J connectivity index is 0.00000356. The van der Waals surface area contributed by atoms with Crippen LogP contribution >= 0.6 is 0 Å². The molecule has 278 valence electrons. The third-order valence-electron chi connectivity index (χ3n) is 13.8. The van der Waals surface area contributed by atoms with Crippen molar-refractivity contribution in [3.63, 3.8) is 0 Å². The molecule has 0 N–H and O–H groups in total. The average Bonchev–Trinajstić information content (AvgIpc) is 4.01. The topological polar surface area (TPSA) is 25.9 Å². The number of nitrogens with zero attached hydrogens (tertiary/aromatic N) is 5. The Kier molecular flexibility index (Phi) is 7.28. The van der Waals surface area contributed by atoms with E-state index in [-0.39, 0.29) is 21.1 Å². The molecule has 6 heteroatoms. The van der Waals surface area contributed by atoms with E-state index in [1.807, 2.05) is 6.20 Å². The fourth-order valence-electron chi connectivity index (χ4n) is 11.6. The molecule has 0 saturated carbocycles. The van der Waals surface area contributed by atoms with Crippen LogP contribution in [-0.2, 0) is 32.1 Å². The minimum absolute atomic E-state index is 0. The third kappa shape index (κ3) is 4.21. The van der Waals surface area contributed by atoms with Gasteiger partial charge in [-0.1, -0.05) is 115 Å². The van der Waals surface area contributed by atoms with Gasteiger partial charge in [-0.2, -0.15) is 30.3 Å². The summed E-state index contributed by atoms with van der Waals surface area (Å²) in [5.74, 6) is 0. The summed E-state index contributed by atoms with van der Waals surface area (Å²) in [6.07, 6.45) is 12.9. The van der Waals surface area contributed by atoms with Crippen LogP contribution in [0.2, 0.25) is 0 Å². The first kappa shape index (κ1) is 33.7. The molecule has 0 fully saturated rings. The largest absolute Gasteiger partial charge is 4.00 e. The van der Waals surface area contributed by atoms with Gasteiger partial charge in [-0.25, -0.2) is 0 Å². The van der Waals surface area contributed by atoms with Crippen LogP contribution in [0.4, 0.5) is 11.4 Å². The van der Waals surface area contributed by atoms with E-state index in [9.17, 15) is 0 Å². The van der Waals surface area contributed by atoms with Gasteiger partial charge < -0.3 is 24.6 Å². The van der Waals surface area contributed by atoms with Crippen molar-refractivity contribution in [2.45, 2.75) is 62.4 Å². The Bertz CT molecular complexity index is 2540. The number of hydrogen-bond acceptors (Lipinski definition) is 5. The van der Waals surface area contributed by atoms with Gasteiger partial charge >= 0.3 is 21.1 Å². The van der Waals surface area contributed by atoms with E-state index in [1.165, 1.54) is 86.6 Å². The Morgan fingerprint density at radius 3 is 1.47 bits per heavy atom. The molecule has 7 aliphatic rings. The van der Waals surface area contributed by atoms with Crippen molar-refractivity contribution in [3.05, 3.63) is 209 Å². The molecule has 57 heavy (non-hydrogen) atoms. The monoisotopic (exact) mass is 916 g/mol. The van der Waals surface area contributed by atoms with Crippen molar-refractivity contribution >= 4 is 11.4 Å². The van der Waals surface area contributed by atoms with E-state index >= 15 is 0 Å². The van der Waals surface area contributed by atoms with Gasteiger partial charge in [0, 0.05) is 39.3 Å². The standard InChI is InChI=1S/C51H39N5.Pt/c1-5-20-42-38(16-1)39-17-2-6-21-43(39)50(42)34-14-13-15-36(28-34)53-32-55(48-26-11-9-24-46(48)53)51(44-22-7-3-18-40(44)41-19-4-8-23-45(41)51)56-33-54(37-29-35(50)30-52-31-37)47-25-10-12-27-49(47)56;/h1-8,13-23,30-33H,9-12,24-27H2;/q-4;+4. The molecule has 8 bridgehead atoms. The summed E-state index contributed by atoms with van der Waals surface area (Å²) in [7, 11) is 0. The minimum atomic E-state index is -0.659. The number of rotatable bonds is 0. The minimum Gasteiger partial charge on any atom is -0.497 e. The number of hydrogen-bond donors (Lipinski definition) is 0. The van der Waals surface area contributed by atoms with Crippen molar-refractivity contribution in [2.24, 2.45) is 0 Å². The summed E-state index contributed by atoms with van der Waals surface area (Å²) in [6.45, 7) is 4.87. The van der Waals surface area contributed by atoms with Crippen LogP contribution in [0.1, 0.15) is 84.7 Å². The number of anilines is 2. The zero-order chi connectivity index (χ0) is 36.6. The van der Waals surface area contributed by atoms with E-state index < -0.39 is 11.1 Å². The Hall–Kier alpha value is -5.38. The number of benzene rings is 5. The van der Waals surface area contributed by atoms with Crippen LogP contribution in [0.3, 0.4) is 0 Å². The molecule has 2 spiro atoms. The molecule has 1 aromatic heterocycles. The van der Waals surface area contributed by atoms with Crippen molar-refractivity contribution in [1.82, 2.24) is 14.8 Å². The molecule has 3 aliphatic heterocycles. The number of pyridine rings is 1. The fraction of sp³-hybridized carbons (Fsp3) is 0.196. The quantitative estimate of drug-likeness (QED) is 0.141. The third-order valence-corrected chi connectivity index (χ3v) is 13.8. The number of fused-ring (bicyclic) bond motifs is 28. The molecule has 6 aromatic rings. The van der Waals surface area contributed by atoms with Crippen LogP contribution in [0.5, 0.6) is 0 Å². The van der Waals surface area contributed by atoms with Gasteiger partial charge in [0.15, 0.2) is 0 Å². The molecular weight excluding hydrogens is 878 g/mol. The number of allylic oxidation sites excluding steroid dienone is 4. The predicted octanol–water partition coefficient (Wildman–Crippen LogP) is 11.0. The van der Waals surface area contributed by atoms with Crippen LogP contribution in [0, 0.1) is 25.5 Å². The van der Waals surface area contributed by atoms with Crippen molar-refractivity contribution in [3.8, 4) is 22.3 Å². The van der Waals surface area contributed by atoms with E-state index in [0.29, 0.717) is 0 Å².